The van der Waals surface area contributed by atoms with Crippen LogP contribution in [0.2, 0.25) is 0 Å². The second kappa shape index (κ2) is 4.59. The highest BCUT2D eigenvalue weighted by atomic mass is 16.3. The van der Waals surface area contributed by atoms with Crippen LogP contribution in [0.4, 0.5) is 0 Å². The first-order valence-corrected chi connectivity index (χ1v) is 2.68. The number of amides is 1. The number of aliphatic hydroxyl groups excluding tert-OH is 1. The first-order valence-electron chi connectivity index (χ1n) is 2.68. The predicted octanol–water partition coefficient (Wildman–Crippen LogP) is -0.495. The van der Waals surface area contributed by atoms with Crippen molar-refractivity contribution in [3.8, 4) is 0 Å². The van der Waals surface area contributed by atoms with Crippen LogP contribution >= 0.6 is 0 Å². The van der Waals surface area contributed by atoms with Crippen molar-refractivity contribution in [2.45, 2.75) is 13.3 Å². The zero-order valence-corrected chi connectivity index (χ0v) is 4.98. The van der Waals surface area contributed by atoms with E-state index in [1.165, 1.54) is 0 Å². The molecule has 0 atom stereocenters. The number of carbonyl (C=O) groups excluding carboxylic acids is 1. The van der Waals surface area contributed by atoms with Gasteiger partial charge in [-0.3, -0.25) is 4.79 Å². The van der Waals surface area contributed by atoms with Gasteiger partial charge in [-0.15, -0.1) is 0 Å². The summed E-state index contributed by atoms with van der Waals surface area (Å²) in [7, 11) is 0. The van der Waals surface area contributed by atoms with Gasteiger partial charge in [0.1, 0.15) is 0 Å². The summed E-state index contributed by atoms with van der Waals surface area (Å²) in [5, 5.41) is 10.7. The van der Waals surface area contributed by atoms with Crippen LogP contribution in [0.15, 0.2) is 0 Å². The maximum absolute atomic E-state index is 10.3. The van der Waals surface area contributed by atoms with Crippen molar-refractivity contribution < 1.29 is 9.90 Å². The molecule has 0 aromatic carbocycles. The number of carbonyl (C=O) groups is 1. The lowest BCUT2D eigenvalue weighted by molar-refractivity contribution is -0.120. The largest absolute Gasteiger partial charge is 0.395 e. The van der Waals surface area contributed by atoms with E-state index in [2.05, 4.69) is 5.32 Å². The molecule has 0 aromatic rings. The van der Waals surface area contributed by atoms with Crippen molar-refractivity contribution in [3.05, 3.63) is 0 Å². The average Bonchev–Trinajstić information content (AvgIpc) is 1.83. The molecule has 0 aromatic heterocycles. The van der Waals surface area contributed by atoms with Crippen molar-refractivity contribution in [2.75, 3.05) is 13.2 Å². The third kappa shape index (κ3) is 3.61. The minimum absolute atomic E-state index is 0.0148. The summed E-state index contributed by atoms with van der Waals surface area (Å²) in [5.74, 6) is -0.0148. The first-order chi connectivity index (χ1) is 3.81. The highest BCUT2D eigenvalue weighted by molar-refractivity contribution is 5.75. The van der Waals surface area contributed by atoms with E-state index in [1.807, 2.05) is 0 Å². The van der Waals surface area contributed by atoms with E-state index < -0.39 is 0 Å². The highest BCUT2D eigenvalue weighted by Gasteiger charge is 1.91. The molecule has 0 saturated carbocycles. The Balaban J connectivity index is 2.99. The Bertz CT molecular complexity index is 72.8. The van der Waals surface area contributed by atoms with Crippen LogP contribution in [0.25, 0.3) is 0 Å². The van der Waals surface area contributed by atoms with E-state index in [0.717, 1.165) is 0 Å². The Morgan fingerprint density at radius 2 is 2.38 bits per heavy atom. The van der Waals surface area contributed by atoms with Crippen LogP contribution in [-0.2, 0) is 4.79 Å². The first kappa shape index (κ1) is 7.43. The van der Waals surface area contributed by atoms with E-state index >= 15 is 0 Å². The standard InChI is InChI=1S/C5H11NO2/c1-2-5(8)6-3-4-7/h7H,2-4H2,1H3,(H,6,8). The summed E-state index contributed by atoms with van der Waals surface area (Å²) in [5.41, 5.74) is 0. The van der Waals surface area contributed by atoms with Gasteiger partial charge in [0.2, 0.25) is 5.91 Å². The quantitative estimate of drug-likeness (QED) is 0.523. The van der Waals surface area contributed by atoms with Gasteiger partial charge in [0.15, 0.2) is 0 Å². The van der Waals surface area contributed by atoms with E-state index in [1.54, 1.807) is 6.92 Å². The number of hydrogen-bond acceptors (Lipinski definition) is 2. The van der Waals surface area contributed by atoms with Gasteiger partial charge in [0.25, 0.3) is 0 Å². The number of aliphatic hydroxyl groups is 1. The van der Waals surface area contributed by atoms with E-state index in [4.69, 9.17) is 5.11 Å². The van der Waals surface area contributed by atoms with Crippen molar-refractivity contribution >= 4 is 5.91 Å². The van der Waals surface area contributed by atoms with Crippen LogP contribution in [0, 0.1) is 0 Å². The van der Waals surface area contributed by atoms with E-state index in [-0.39, 0.29) is 12.5 Å². The van der Waals surface area contributed by atoms with Gasteiger partial charge in [0, 0.05) is 13.0 Å². The molecule has 1 amide bonds. The molecule has 0 aliphatic rings. The molecule has 48 valence electrons. The van der Waals surface area contributed by atoms with Crippen LogP contribution in [0.1, 0.15) is 13.3 Å². The second-order valence-corrected chi connectivity index (χ2v) is 1.43. The molecule has 0 saturated heterocycles. The highest BCUT2D eigenvalue weighted by Crippen LogP contribution is 1.71. The maximum atomic E-state index is 10.3. The van der Waals surface area contributed by atoms with Gasteiger partial charge in [0.05, 0.1) is 6.61 Å². The van der Waals surface area contributed by atoms with Gasteiger partial charge < -0.3 is 10.4 Å². The van der Waals surface area contributed by atoms with Crippen molar-refractivity contribution in [3.63, 3.8) is 0 Å². The minimum Gasteiger partial charge on any atom is -0.395 e. The molecule has 3 heteroatoms. The molecule has 0 heterocycles. The third-order valence-corrected chi connectivity index (χ3v) is 0.755. The molecule has 2 N–H and O–H groups in total. The molecule has 0 fully saturated rings. The fraction of sp³-hybridized carbons (Fsp3) is 0.800. The number of hydrogen-bond donors (Lipinski definition) is 2. The molecule has 0 aliphatic carbocycles. The molecular formula is C5H11NO2. The summed E-state index contributed by atoms with van der Waals surface area (Å²) >= 11 is 0. The molecule has 3 nitrogen and oxygen atoms in total. The van der Waals surface area contributed by atoms with Crippen LogP contribution in [-0.4, -0.2) is 24.2 Å². The Morgan fingerprint density at radius 1 is 1.75 bits per heavy atom. The Labute approximate surface area is 48.7 Å². The number of nitrogens with one attached hydrogen (secondary N) is 1. The second-order valence-electron chi connectivity index (χ2n) is 1.43. The minimum atomic E-state index is -0.0148. The smallest absolute Gasteiger partial charge is 0.219 e. The zero-order chi connectivity index (χ0) is 6.41. The average molecular weight is 117 g/mol. The summed E-state index contributed by atoms with van der Waals surface area (Å²) < 4.78 is 0. The molecule has 0 spiro atoms. The van der Waals surface area contributed by atoms with Gasteiger partial charge in [-0.05, 0) is 0 Å². The maximum Gasteiger partial charge on any atom is 0.219 e. The summed E-state index contributed by atoms with van der Waals surface area (Å²) in [6, 6.07) is 0. The molecule has 0 unspecified atom stereocenters. The van der Waals surface area contributed by atoms with Gasteiger partial charge >= 0.3 is 0 Å². The fourth-order valence-corrected chi connectivity index (χ4v) is 0.320. The van der Waals surface area contributed by atoms with Gasteiger partial charge in [-0.2, -0.15) is 0 Å². The van der Waals surface area contributed by atoms with Gasteiger partial charge in [-0.1, -0.05) is 6.92 Å². The van der Waals surface area contributed by atoms with Crippen LogP contribution in [0.3, 0.4) is 0 Å². The third-order valence-electron chi connectivity index (χ3n) is 0.755. The summed E-state index contributed by atoms with van der Waals surface area (Å²) in [6.07, 6.45) is 0.486. The van der Waals surface area contributed by atoms with Gasteiger partial charge in [-0.25, -0.2) is 0 Å². The Kier molecular flexibility index (Phi) is 4.26. The van der Waals surface area contributed by atoms with E-state index in [0.29, 0.717) is 13.0 Å². The Morgan fingerprint density at radius 3 is 2.75 bits per heavy atom. The van der Waals surface area contributed by atoms with Crippen molar-refractivity contribution in [1.29, 1.82) is 0 Å². The topological polar surface area (TPSA) is 49.3 Å². The summed E-state index contributed by atoms with van der Waals surface area (Å²) in [4.78, 5) is 10.3. The SMILES string of the molecule is CCC(=O)NCCO. The number of rotatable bonds is 3. The van der Waals surface area contributed by atoms with E-state index in [9.17, 15) is 4.79 Å². The lowest BCUT2D eigenvalue weighted by Gasteiger charge is -1.96. The predicted molar refractivity (Wildman–Crippen MR) is 30.4 cm³/mol. The van der Waals surface area contributed by atoms with Crippen molar-refractivity contribution in [2.24, 2.45) is 0 Å². The normalized spacial score (nSPS) is 8.75. The van der Waals surface area contributed by atoms with Crippen molar-refractivity contribution in [1.82, 2.24) is 5.32 Å². The fourth-order valence-electron chi connectivity index (χ4n) is 0.320. The van der Waals surface area contributed by atoms with Crippen LogP contribution in [0.5, 0.6) is 0 Å². The molecule has 0 aliphatic heterocycles. The monoisotopic (exact) mass is 117 g/mol. The lowest BCUT2D eigenvalue weighted by atomic mass is 10.4. The molecule has 0 rings (SSSR count). The summed E-state index contributed by atoms with van der Waals surface area (Å²) in [6.45, 7) is 2.16. The molecule has 0 bridgehead atoms. The molecule has 0 radical (unpaired) electrons. The molecular weight excluding hydrogens is 106 g/mol. The van der Waals surface area contributed by atoms with Crippen LogP contribution < -0.4 is 5.32 Å². The lowest BCUT2D eigenvalue weighted by Crippen LogP contribution is -2.25. The molecule has 8 heavy (non-hydrogen) atoms. The zero-order valence-electron chi connectivity index (χ0n) is 4.98. The Hall–Kier alpha value is -0.570.